The summed E-state index contributed by atoms with van der Waals surface area (Å²) >= 11 is 1.68. The number of carbonyl (C=O) groups excluding carboxylic acids is 1. The molecule has 0 bridgehead atoms. The average Bonchev–Trinajstić information content (AvgIpc) is 2.37. The summed E-state index contributed by atoms with van der Waals surface area (Å²) in [7, 11) is 0. The van der Waals surface area contributed by atoms with Gasteiger partial charge in [0.25, 0.3) is 0 Å². The molecule has 0 radical (unpaired) electrons. The Bertz CT molecular complexity index is 359. The van der Waals surface area contributed by atoms with Crippen molar-refractivity contribution in [3.05, 3.63) is 35.9 Å². The van der Waals surface area contributed by atoms with Crippen molar-refractivity contribution in [2.75, 3.05) is 18.6 Å². The Morgan fingerprint density at radius 3 is 2.56 bits per heavy atom. The van der Waals surface area contributed by atoms with Gasteiger partial charge < -0.3 is 15.7 Å². The highest BCUT2D eigenvalue weighted by Crippen LogP contribution is 2.11. The molecule has 1 rings (SSSR count). The minimum atomic E-state index is -0.368. The molecule has 5 heteroatoms. The molecule has 100 valence electrons. The number of benzene rings is 1. The molecular weight excluding hydrogens is 248 g/mol. The Balaban J connectivity index is 2.51. The Morgan fingerprint density at radius 2 is 2.00 bits per heavy atom. The van der Waals surface area contributed by atoms with Gasteiger partial charge in [0, 0.05) is 11.8 Å². The molecule has 2 atom stereocenters. The van der Waals surface area contributed by atoms with Gasteiger partial charge in [-0.2, -0.15) is 11.8 Å². The summed E-state index contributed by atoms with van der Waals surface area (Å²) in [5.41, 5.74) is 0.896. The number of carbonyl (C=O) groups is 1. The third-order valence-corrected chi connectivity index (χ3v) is 3.32. The zero-order valence-electron chi connectivity index (χ0n) is 10.7. The van der Waals surface area contributed by atoms with E-state index in [0.29, 0.717) is 0 Å². The molecule has 2 unspecified atom stereocenters. The number of thioether (sulfide) groups is 1. The van der Waals surface area contributed by atoms with Crippen molar-refractivity contribution < 1.29 is 9.90 Å². The van der Waals surface area contributed by atoms with Crippen molar-refractivity contribution in [2.24, 2.45) is 0 Å². The highest BCUT2D eigenvalue weighted by molar-refractivity contribution is 7.98. The van der Waals surface area contributed by atoms with E-state index in [2.05, 4.69) is 10.6 Å². The van der Waals surface area contributed by atoms with Crippen LogP contribution in [0.5, 0.6) is 0 Å². The molecule has 0 fully saturated rings. The zero-order valence-corrected chi connectivity index (χ0v) is 11.5. The van der Waals surface area contributed by atoms with Gasteiger partial charge in [-0.05, 0) is 18.7 Å². The van der Waals surface area contributed by atoms with Crippen molar-refractivity contribution in [2.45, 2.75) is 19.0 Å². The van der Waals surface area contributed by atoms with Crippen LogP contribution in [0.4, 0.5) is 4.79 Å². The summed E-state index contributed by atoms with van der Waals surface area (Å²) < 4.78 is 0. The molecule has 3 N–H and O–H groups in total. The smallest absolute Gasteiger partial charge is 0.315 e. The number of urea groups is 1. The summed E-state index contributed by atoms with van der Waals surface area (Å²) in [5, 5.41) is 14.9. The van der Waals surface area contributed by atoms with Crippen LogP contribution in [-0.2, 0) is 0 Å². The second-order valence-corrected chi connectivity index (χ2v) is 5.03. The van der Waals surface area contributed by atoms with Gasteiger partial charge in [0.15, 0.2) is 0 Å². The lowest BCUT2D eigenvalue weighted by molar-refractivity contribution is 0.215. The van der Waals surface area contributed by atoms with E-state index in [1.807, 2.05) is 43.5 Å². The van der Waals surface area contributed by atoms with Crippen LogP contribution < -0.4 is 10.6 Å². The van der Waals surface area contributed by atoms with Gasteiger partial charge in [-0.25, -0.2) is 4.79 Å². The van der Waals surface area contributed by atoms with E-state index in [-0.39, 0.29) is 24.7 Å². The van der Waals surface area contributed by atoms with Gasteiger partial charge in [-0.15, -0.1) is 0 Å². The van der Waals surface area contributed by atoms with Crippen LogP contribution in [0.25, 0.3) is 0 Å². The second kappa shape index (κ2) is 8.00. The van der Waals surface area contributed by atoms with E-state index >= 15 is 0 Å². The van der Waals surface area contributed by atoms with E-state index in [9.17, 15) is 9.90 Å². The largest absolute Gasteiger partial charge is 0.394 e. The number of nitrogens with one attached hydrogen (secondary N) is 2. The van der Waals surface area contributed by atoms with E-state index in [1.54, 1.807) is 11.8 Å². The molecule has 0 aromatic heterocycles. The van der Waals surface area contributed by atoms with Gasteiger partial charge in [0.05, 0.1) is 12.6 Å². The third-order valence-electron chi connectivity index (χ3n) is 2.48. The minimum absolute atomic E-state index is 0.107. The Kier molecular flexibility index (Phi) is 6.60. The first-order valence-corrected chi connectivity index (χ1v) is 7.28. The van der Waals surface area contributed by atoms with Crippen LogP contribution in [-0.4, -0.2) is 35.8 Å². The van der Waals surface area contributed by atoms with Crippen LogP contribution in [0.2, 0.25) is 0 Å². The quantitative estimate of drug-likeness (QED) is 0.737. The second-order valence-electron chi connectivity index (χ2n) is 4.12. The first-order chi connectivity index (χ1) is 8.67. The third kappa shape index (κ3) is 4.98. The molecule has 0 spiro atoms. The number of aliphatic hydroxyl groups is 1. The number of hydrogen-bond donors (Lipinski definition) is 3. The Labute approximate surface area is 112 Å². The van der Waals surface area contributed by atoms with Crippen LogP contribution in [0.3, 0.4) is 0 Å². The van der Waals surface area contributed by atoms with E-state index in [4.69, 9.17) is 0 Å². The van der Waals surface area contributed by atoms with E-state index in [1.165, 1.54) is 0 Å². The number of hydrogen-bond acceptors (Lipinski definition) is 3. The highest BCUT2D eigenvalue weighted by atomic mass is 32.2. The van der Waals surface area contributed by atoms with Crippen molar-refractivity contribution in [3.8, 4) is 0 Å². The fourth-order valence-corrected chi connectivity index (χ4v) is 2.22. The normalized spacial score (nSPS) is 13.7. The van der Waals surface area contributed by atoms with Crippen LogP contribution in [0.1, 0.15) is 18.5 Å². The van der Waals surface area contributed by atoms with E-state index in [0.717, 1.165) is 11.3 Å². The SMILES string of the molecule is CSCC(C)NC(=O)NC(CO)c1ccccc1. The van der Waals surface area contributed by atoms with Crippen molar-refractivity contribution in [3.63, 3.8) is 0 Å². The lowest BCUT2D eigenvalue weighted by Crippen LogP contribution is -2.44. The van der Waals surface area contributed by atoms with Crippen LogP contribution in [0, 0.1) is 0 Å². The van der Waals surface area contributed by atoms with E-state index < -0.39 is 0 Å². The molecule has 0 saturated carbocycles. The summed E-state index contributed by atoms with van der Waals surface area (Å²) in [6, 6.07) is 8.92. The van der Waals surface area contributed by atoms with Gasteiger partial charge in [-0.1, -0.05) is 30.3 Å². The maximum Gasteiger partial charge on any atom is 0.315 e. The molecule has 1 aromatic rings. The van der Waals surface area contributed by atoms with Gasteiger partial charge >= 0.3 is 6.03 Å². The predicted molar refractivity (Wildman–Crippen MR) is 75.8 cm³/mol. The minimum Gasteiger partial charge on any atom is -0.394 e. The van der Waals surface area contributed by atoms with Gasteiger partial charge in [-0.3, -0.25) is 0 Å². The van der Waals surface area contributed by atoms with Crippen molar-refractivity contribution >= 4 is 17.8 Å². The molecule has 2 amide bonds. The average molecular weight is 268 g/mol. The van der Waals surface area contributed by atoms with Crippen LogP contribution >= 0.6 is 11.8 Å². The highest BCUT2D eigenvalue weighted by Gasteiger charge is 2.14. The molecule has 0 aliphatic rings. The topological polar surface area (TPSA) is 61.4 Å². The molecule has 0 heterocycles. The summed E-state index contributed by atoms with van der Waals surface area (Å²) in [4.78, 5) is 11.7. The number of aliphatic hydroxyl groups excluding tert-OH is 1. The van der Waals surface area contributed by atoms with Crippen LogP contribution in [0.15, 0.2) is 30.3 Å². The maximum absolute atomic E-state index is 11.7. The standard InChI is InChI=1S/C13H20N2O2S/c1-10(9-18-2)14-13(17)15-12(8-16)11-6-4-3-5-7-11/h3-7,10,12,16H,8-9H2,1-2H3,(H2,14,15,17). The molecule has 0 saturated heterocycles. The lowest BCUT2D eigenvalue weighted by Gasteiger charge is -2.19. The first-order valence-electron chi connectivity index (χ1n) is 5.89. The number of amides is 2. The molecular formula is C13H20N2O2S. The first kappa shape index (κ1) is 14.9. The predicted octanol–water partition coefficient (Wildman–Crippen LogP) is 1.77. The number of rotatable bonds is 6. The molecule has 0 aliphatic heterocycles. The van der Waals surface area contributed by atoms with Crippen molar-refractivity contribution in [1.82, 2.24) is 10.6 Å². The summed E-state index contributed by atoms with van der Waals surface area (Å²) in [6.45, 7) is 1.83. The summed E-state index contributed by atoms with van der Waals surface area (Å²) in [6.07, 6.45) is 2.00. The lowest BCUT2D eigenvalue weighted by atomic mass is 10.1. The summed E-state index contributed by atoms with van der Waals surface area (Å²) in [5.74, 6) is 0.864. The molecule has 18 heavy (non-hydrogen) atoms. The zero-order chi connectivity index (χ0) is 13.4. The molecule has 0 aliphatic carbocycles. The van der Waals surface area contributed by atoms with Gasteiger partial charge in [0.1, 0.15) is 0 Å². The molecule has 1 aromatic carbocycles. The fraction of sp³-hybridized carbons (Fsp3) is 0.462. The Morgan fingerprint density at radius 1 is 1.33 bits per heavy atom. The fourth-order valence-electron chi connectivity index (χ4n) is 1.64. The Hall–Kier alpha value is -1.20. The molecule has 4 nitrogen and oxygen atoms in total. The van der Waals surface area contributed by atoms with Crippen molar-refractivity contribution in [1.29, 1.82) is 0 Å². The maximum atomic E-state index is 11.7. The monoisotopic (exact) mass is 268 g/mol. The van der Waals surface area contributed by atoms with Gasteiger partial charge in [0.2, 0.25) is 0 Å².